The Morgan fingerprint density at radius 3 is 2.64 bits per heavy atom. The summed E-state index contributed by atoms with van der Waals surface area (Å²) < 4.78 is 3.32. The molecule has 0 aliphatic carbocycles. The van der Waals surface area contributed by atoms with E-state index in [0.29, 0.717) is 11.5 Å². The fourth-order valence-electron chi connectivity index (χ4n) is 4.89. The molecular weight excluding hydrogens is 478 g/mol. The molecule has 0 unspecified atom stereocenters. The van der Waals surface area contributed by atoms with E-state index < -0.39 is 5.97 Å². The molecule has 0 radical (unpaired) electrons. The Labute approximate surface area is 201 Å². The highest BCUT2D eigenvalue weighted by Crippen LogP contribution is 2.35. The summed E-state index contributed by atoms with van der Waals surface area (Å²) in [7, 11) is 0. The number of pyridine rings is 1. The van der Waals surface area contributed by atoms with E-state index in [0.717, 1.165) is 49.1 Å². The first kappa shape index (κ1) is 21.9. The maximum atomic E-state index is 11.3. The number of rotatable bonds is 6. The Morgan fingerprint density at radius 2 is 1.88 bits per heavy atom. The number of halogens is 1. The van der Waals surface area contributed by atoms with Gasteiger partial charge in [0.05, 0.1) is 5.56 Å². The van der Waals surface area contributed by atoms with Gasteiger partial charge in [-0.1, -0.05) is 40.2 Å². The third-order valence-corrected chi connectivity index (χ3v) is 7.38. The summed E-state index contributed by atoms with van der Waals surface area (Å²) in [4.78, 5) is 18.0. The summed E-state index contributed by atoms with van der Waals surface area (Å²) in [6.45, 7) is 3.57. The molecule has 5 rings (SSSR count). The molecule has 2 aromatic heterocycles. The number of benzene rings is 2. The van der Waals surface area contributed by atoms with Crippen LogP contribution in [0.1, 0.15) is 45.8 Å². The van der Waals surface area contributed by atoms with Crippen LogP contribution in [0.25, 0.3) is 10.9 Å². The Hall–Kier alpha value is -2.96. The van der Waals surface area contributed by atoms with Crippen molar-refractivity contribution in [1.29, 1.82) is 0 Å². The third kappa shape index (κ3) is 4.72. The first-order chi connectivity index (χ1) is 16.1. The Kier molecular flexibility index (Phi) is 6.29. The van der Waals surface area contributed by atoms with Gasteiger partial charge in [-0.3, -0.25) is 9.88 Å². The van der Waals surface area contributed by atoms with Gasteiger partial charge in [-0.05, 0) is 78.9 Å². The van der Waals surface area contributed by atoms with E-state index in [-0.39, 0.29) is 0 Å². The first-order valence-electron chi connectivity index (χ1n) is 11.3. The molecule has 4 aromatic rings. The molecule has 2 aromatic carbocycles. The molecule has 168 valence electrons. The van der Waals surface area contributed by atoms with Crippen molar-refractivity contribution in [3.63, 3.8) is 0 Å². The number of aromatic nitrogens is 2. The zero-order valence-electron chi connectivity index (χ0n) is 18.3. The van der Waals surface area contributed by atoms with Gasteiger partial charge in [0.1, 0.15) is 0 Å². The van der Waals surface area contributed by atoms with Crippen molar-refractivity contribution in [3.05, 3.63) is 99.9 Å². The van der Waals surface area contributed by atoms with E-state index in [4.69, 9.17) is 0 Å². The van der Waals surface area contributed by atoms with Crippen molar-refractivity contribution < 1.29 is 9.90 Å². The molecule has 0 saturated carbocycles. The van der Waals surface area contributed by atoms with Crippen molar-refractivity contribution >= 4 is 32.8 Å². The second kappa shape index (κ2) is 9.49. The molecule has 1 aliphatic rings. The third-order valence-electron chi connectivity index (χ3n) is 6.61. The molecule has 0 bridgehead atoms. The fourth-order valence-corrected chi connectivity index (χ4v) is 5.26. The fraction of sp³-hybridized carbons (Fsp3) is 0.259. The molecule has 0 amide bonds. The summed E-state index contributed by atoms with van der Waals surface area (Å²) in [6.07, 6.45) is 8.27. The van der Waals surface area contributed by atoms with Crippen LogP contribution < -0.4 is 0 Å². The summed E-state index contributed by atoms with van der Waals surface area (Å²) in [5.74, 6) is -0.361. The van der Waals surface area contributed by atoms with Crippen molar-refractivity contribution in [2.75, 3.05) is 13.1 Å². The first-order valence-corrected chi connectivity index (χ1v) is 12.1. The Bertz CT molecular complexity index is 1280. The Morgan fingerprint density at radius 1 is 1.06 bits per heavy atom. The lowest BCUT2D eigenvalue weighted by Crippen LogP contribution is -2.32. The number of hydrogen-bond acceptors (Lipinski definition) is 3. The number of fused-ring (bicyclic) bond motifs is 1. The lowest BCUT2D eigenvalue weighted by molar-refractivity contribution is 0.0696. The van der Waals surface area contributed by atoms with Gasteiger partial charge < -0.3 is 9.67 Å². The number of carboxylic acids is 1. The Balaban J connectivity index is 1.32. The van der Waals surface area contributed by atoms with E-state index in [1.807, 2.05) is 24.5 Å². The van der Waals surface area contributed by atoms with Crippen LogP contribution in [0, 0.1) is 0 Å². The standard InChI is InChI=1S/C27H26BrN3O2/c28-25-8-7-21(27(32)33)14-22(25)17-30-12-9-20(10-13-30)24-18-31(16-19-4-3-11-29-15-19)26-6-2-1-5-23(24)26/h1-8,11,14-15,18,20H,9-10,12-13,16-17H2,(H,32,33). The number of carboxylic acid groups (broad SMARTS) is 1. The van der Waals surface area contributed by atoms with Gasteiger partial charge in [-0.15, -0.1) is 0 Å². The molecule has 1 N–H and O–H groups in total. The molecule has 5 nitrogen and oxygen atoms in total. The molecule has 1 aliphatic heterocycles. The highest BCUT2D eigenvalue weighted by Gasteiger charge is 2.24. The van der Waals surface area contributed by atoms with Gasteiger partial charge in [0.2, 0.25) is 0 Å². The van der Waals surface area contributed by atoms with Crippen LogP contribution in [-0.4, -0.2) is 38.6 Å². The van der Waals surface area contributed by atoms with Gasteiger partial charge in [-0.25, -0.2) is 4.79 Å². The van der Waals surface area contributed by atoms with Gasteiger partial charge in [0.15, 0.2) is 0 Å². The molecule has 6 heteroatoms. The van der Waals surface area contributed by atoms with Crippen LogP contribution in [0.15, 0.2) is 77.7 Å². The highest BCUT2D eigenvalue weighted by atomic mass is 79.9. The van der Waals surface area contributed by atoms with Gasteiger partial charge in [0.25, 0.3) is 0 Å². The predicted molar refractivity (Wildman–Crippen MR) is 134 cm³/mol. The zero-order chi connectivity index (χ0) is 22.8. The number of carbonyl (C=O) groups is 1. The van der Waals surface area contributed by atoms with E-state index in [1.165, 1.54) is 22.0 Å². The zero-order valence-corrected chi connectivity index (χ0v) is 19.9. The lowest BCUT2D eigenvalue weighted by Gasteiger charge is -2.32. The van der Waals surface area contributed by atoms with Crippen LogP contribution in [0.5, 0.6) is 0 Å². The average Bonchev–Trinajstić information content (AvgIpc) is 3.20. The summed E-state index contributed by atoms with van der Waals surface area (Å²) in [6, 6.07) is 18.1. The minimum atomic E-state index is -0.884. The van der Waals surface area contributed by atoms with Crippen molar-refractivity contribution in [2.24, 2.45) is 0 Å². The van der Waals surface area contributed by atoms with E-state index in [2.05, 4.69) is 66.9 Å². The van der Waals surface area contributed by atoms with E-state index >= 15 is 0 Å². The van der Waals surface area contributed by atoms with Crippen LogP contribution in [0.4, 0.5) is 0 Å². The number of aromatic carboxylic acids is 1. The predicted octanol–water partition coefficient (Wildman–Crippen LogP) is 5.92. The quantitative estimate of drug-likeness (QED) is 0.354. The molecule has 0 atom stereocenters. The summed E-state index contributed by atoms with van der Waals surface area (Å²) >= 11 is 3.59. The number of hydrogen-bond donors (Lipinski definition) is 1. The van der Waals surface area contributed by atoms with Gasteiger partial charge >= 0.3 is 5.97 Å². The minimum absolute atomic E-state index is 0.338. The minimum Gasteiger partial charge on any atom is -0.478 e. The summed E-state index contributed by atoms with van der Waals surface area (Å²) in [5.41, 5.74) is 5.27. The smallest absolute Gasteiger partial charge is 0.335 e. The number of nitrogens with zero attached hydrogens (tertiary/aromatic N) is 3. The lowest BCUT2D eigenvalue weighted by atomic mass is 9.89. The molecule has 3 heterocycles. The van der Waals surface area contributed by atoms with Gasteiger partial charge in [0, 0.05) is 47.1 Å². The largest absolute Gasteiger partial charge is 0.478 e. The number of likely N-dealkylation sites (tertiary alicyclic amines) is 1. The van der Waals surface area contributed by atoms with E-state index in [1.54, 1.807) is 12.1 Å². The number of piperidine rings is 1. The van der Waals surface area contributed by atoms with Crippen LogP contribution in [-0.2, 0) is 13.1 Å². The van der Waals surface area contributed by atoms with Gasteiger partial charge in [-0.2, -0.15) is 0 Å². The second-order valence-corrected chi connectivity index (χ2v) is 9.61. The average molecular weight is 504 g/mol. The number of para-hydroxylation sites is 1. The summed E-state index contributed by atoms with van der Waals surface area (Å²) in [5, 5.41) is 10.7. The van der Waals surface area contributed by atoms with E-state index in [9.17, 15) is 9.90 Å². The molecule has 33 heavy (non-hydrogen) atoms. The second-order valence-electron chi connectivity index (χ2n) is 8.75. The van der Waals surface area contributed by atoms with Crippen LogP contribution in [0.3, 0.4) is 0 Å². The normalized spacial score (nSPS) is 15.2. The maximum Gasteiger partial charge on any atom is 0.335 e. The topological polar surface area (TPSA) is 58.4 Å². The van der Waals surface area contributed by atoms with Crippen LogP contribution in [0.2, 0.25) is 0 Å². The highest BCUT2D eigenvalue weighted by molar-refractivity contribution is 9.10. The SMILES string of the molecule is O=C(O)c1ccc(Br)c(CN2CCC(c3cn(Cc4cccnc4)c4ccccc34)CC2)c1. The van der Waals surface area contributed by atoms with Crippen molar-refractivity contribution in [2.45, 2.75) is 31.8 Å². The molecule has 1 saturated heterocycles. The molecular formula is C27H26BrN3O2. The monoisotopic (exact) mass is 503 g/mol. The van der Waals surface area contributed by atoms with Crippen molar-refractivity contribution in [3.8, 4) is 0 Å². The molecule has 0 spiro atoms. The molecule has 1 fully saturated rings. The van der Waals surface area contributed by atoms with Crippen molar-refractivity contribution in [1.82, 2.24) is 14.5 Å². The maximum absolute atomic E-state index is 11.3. The van der Waals surface area contributed by atoms with Crippen LogP contribution >= 0.6 is 15.9 Å².